The van der Waals surface area contributed by atoms with E-state index in [1.165, 1.54) is 5.56 Å². The molecular formula is C15H24O3. The summed E-state index contributed by atoms with van der Waals surface area (Å²) in [6, 6.07) is 7.83. The van der Waals surface area contributed by atoms with Crippen LogP contribution >= 0.6 is 0 Å². The lowest BCUT2D eigenvalue weighted by Gasteiger charge is -2.19. The predicted octanol–water partition coefficient (Wildman–Crippen LogP) is 2.86. The predicted molar refractivity (Wildman–Crippen MR) is 72.7 cm³/mol. The summed E-state index contributed by atoms with van der Waals surface area (Å²) in [6.07, 6.45) is -0.569. The van der Waals surface area contributed by atoms with E-state index in [2.05, 4.69) is 0 Å². The lowest BCUT2D eigenvalue weighted by Crippen LogP contribution is -2.22. The van der Waals surface area contributed by atoms with Gasteiger partial charge in [0.2, 0.25) is 0 Å². The summed E-state index contributed by atoms with van der Waals surface area (Å²) in [6.45, 7) is 9.40. The second-order valence-corrected chi connectivity index (χ2v) is 5.46. The molecule has 1 atom stereocenters. The zero-order chi connectivity index (χ0) is 13.6. The van der Waals surface area contributed by atoms with Crippen LogP contribution in [-0.4, -0.2) is 30.5 Å². The maximum atomic E-state index is 9.90. The smallest absolute Gasteiger partial charge is 0.102 e. The fourth-order valence-electron chi connectivity index (χ4n) is 1.49. The molecule has 1 rings (SSSR count). The van der Waals surface area contributed by atoms with Crippen molar-refractivity contribution in [1.82, 2.24) is 0 Å². The third-order valence-electron chi connectivity index (χ3n) is 2.50. The molecule has 0 aliphatic carbocycles. The Morgan fingerprint density at radius 1 is 1.11 bits per heavy atom. The zero-order valence-corrected chi connectivity index (χ0v) is 11.8. The first-order chi connectivity index (χ1) is 8.38. The third kappa shape index (κ3) is 6.15. The number of aliphatic hydroxyl groups excluding tert-OH is 1. The summed E-state index contributed by atoms with van der Waals surface area (Å²) in [5, 5.41) is 9.90. The molecule has 0 aliphatic rings. The van der Waals surface area contributed by atoms with Crippen molar-refractivity contribution in [3.63, 3.8) is 0 Å². The van der Waals surface area contributed by atoms with E-state index < -0.39 is 6.10 Å². The van der Waals surface area contributed by atoms with Crippen LogP contribution in [0.25, 0.3) is 0 Å². The number of hydrogen-bond acceptors (Lipinski definition) is 3. The van der Waals surface area contributed by atoms with Gasteiger partial charge in [0, 0.05) is 0 Å². The molecule has 0 amide bonds. The molecule has 1 N–H and O–H groups in total. The van der Waals surface area contributed by atoms with E-state index in [0.717, 1.165) is 5.56 Å². The van der Waals surface area contributed by atoms with Crippen molar-refractivity contribution < 1.29 is 14.6 Å². The molecule has 0 aliphatic heterocycles. The van der Waals surface area contributed by atoms with Crippen LogP contribution in [0.15, 0.2) is 24.3 Å². The molecule has 0 heterocycles. The highest BCUT2D eigenvalue weighted by atomic mass is 16.5. The van der Waals surface area contributed by atoms with E-state index in [-0.39, 0.29) is 5.60 Å². The Balaban J connectivity index is 2.21. The lowest BCUT2D eigenvalue weighted by molar-refractivity contribution is -0.0477. The van der Waals surface area contributed by atoms with Crippen LogP contribution in [0.5, 0.6) is 0 Å². The van der Waals surface area contributed by atoms with Gasteiger partial charge in [-0.15, -0.1) is 0 Å². The van der Waals surface area contributed by atoms with Crippen LogP contribution in [0.1, 0.15) is 38.0 Å². The van der Waals surface area contributed by atoms with Crippen molar-refractivity contribution >= 4 is 0 Å². The van der Waals surface area contributed by atoms with Gasteiger partial charge in [-0.3, -0.25) is 0 Å². The highest BCUT2D eigenvalue weighted by Crippen LogP contribution is 2.14. The van der Waals surface area contributed by atoms with Crippen molar-refractivity contribution in [1.29, 1.82) is 0 Å². The van der Waals surface area contributed by atoms with Gasteiger partial charge >= 0.3 is 0 Å². The molecule has 1 aromatic carbocycles. The van der Waals surface area contributed by atoms with Crippen molar-refractivity contribution in [2.45, 2.75) is 39.4 Å². The number of rotatable bonds is 6. The summed E-state index contributed by atoms with van der Waals surface area (Å²) >= 11 is 0. The SMILES string of the molecule is Cc1ccc(C(O)COCCOC(C)(C)C)cc1. The average molecular weight is 252 g/mol. The van der Waals surface area contributed by atoms with Gasteiger partial charge in [-0.25, -0.2) is 0 Å². The number of hydrogen-bond donors (Lipinski definition) is 1. The molecule has 18 heavy (non-hydrogen) atoms. The van der Waals surface area contributed by atoms with Gasteiger partial charge in [0.1, 0.15) is 6.10 Å². The Labute approximate surface area is 110 Å². The van der Waals surface area contributed by atoms with E-state index in [1.54, 1.807) is 0 Å². The highest BCUT2D eigenvalue weighted by Gasteiger charge is 2.10. The normalized spacial score (nSPS) is 13.6. The van der Waals surface area contributed by atoms with Crippen molar-refractivity contribution in [2.75, 3.05) is 19.8 Å². The highest BCUT2D eigenvalue weighted by molar-refractivity contribution is 5.23. The quantitative estimate of drug-likeness (QED) is 0.791. The Morgan fingerprint density at radius 3 is 2.28 bits per heavy atom. The second-order valence-electron chi connectivity index (χ2n) is 5.46. The lowest BCUT2D eigenvalue weighted by atomic mass is 10.1. The average Bonchev–Trinajstić information content (AvgIpc) is 2.27. The first-order valence-corrected chi connectivity index (χ1v) is 6.35. The van der Waals surface area contributed by atoms with Gasteiger partial charge in [0.25, 0.3) is 0 Å². The van der Waals surface area contributed by atoms with Gasteiger partial charge in [-0.1, -0.05) is 29.8 Å². The van der Waals surface area contributed by atoms with Crippen LogP contribution in [0.3, 0.4) is 0 Å². The van der Waals surface area contributed by atoms with Crippen LogP contribution in [0, 0.1) is 6.92 Å². The van der Waals surface area contributed by atoms with E-state index in [4.69, 9.17) is 9.47 Å². The standard InChI is InChI=1S/C15H24O3/c1-12-5-7-13(8-6-12)14(16)11-17-9-10-18-15(2,3)4/h5-8,14,16H,9-11H2,1-4H3. The molecule has 0 aromatic heterocycles. The maximum Gasteiger partial charge on any atom is 0.102 e. The minimum Gasteiger partial charge on any atom is -0.386 e. The zero-order valence-electron chi connectivity index (χ0n) is 11.8. The van der Waals surface area contributed by atoms with E-state index in [1.807, 2.05) is 52.0 Å². The molecule has 102 valence electrons. The van der Waals surface area contributed by atoms with Gasteiger partial charge in [-0.2, -0.15) is 0 Å². The number of aliphatic hydroxyl groups is 1. The Morgan fingerprint density at radius 2 is 1.72 bits per heavy atom. The fraction of sp³-hybridized carbons (Fsp3) is 0.600. The molecule has 1 aromatic rings. The van der Waals surface area contributed by atoms with Crippen LogP contribution < -0.4 is 0 Å². The summed E-state index contributed by atoms with van der Waals surface area (Å²) in [5.41, 5.74) is 1.93. The van der Waals surface area contributed by atoms with Crippen LogP contribution in [0.4, 0.5) is 0 Å². The van der Waals surface area contributed by atoms with E-state index >= 15 is 0 Å². The Hall–Kier alpha value is -0.900. The monoisotopic (exact) mass is 252 g/mol. The molecular weight excluding hydrogens is 228 g/mol. The largest absolute Gasteiger partial charge is 0.386 e. The fourth-order valence-corrected chi connectivity index (χ4v) is 1.49. The second kappa shape index (κ2) is 6.88. The van der Waals surface area contributed by atoms with Crippen LogP contribution in [-0.2, 0) is 9.47 Å². The molecule has 3 heteroatoms. The minimum absolute atomic E-state index is 0.140. The minimum atomic E-state index is -0.569. The molecule has 0 radical (unpaired) electrons. The first-order valence-electron chi connectivity index (χ1n) is 6.35. The van der Waals surface area contributed by atoms with Crippen LogP contribution in [0.2, 0.25) is 0 Å². The van der Waals surface area contributed by atoms with Crippen molar-refractivity contribution in [3.05, 3.63) is 35.4 Å². The first kappa shape index (κ1) is 15.2. The number of aryl methyl sites for hydroxylation is 1. The number of ether oxygens (including phenoxy) is 2. The van der Waals surface area contributed by atoms with Crippen molar-refractivity contribution in [3.8, 4) is 0 Å². The van der Waals surface area contributed by atoms with E-state index in [0.29, 0.717) is 19.8 Å². The summed E-state index contributed by atoms with van der Waals surface area (Å²) < 4.78 is 10.9. The number of benzene rings is 1. The van der Waals surface area contributed by atoms with E-state index in [9.17, 15) is 5.11 Å². The van der Waals surface area contributed by atoms with Crippen molar-refractivity contribution in [2.24, 2.45) is 0 Å². The Kier molecular flexibility index (Phi) is 5.79. The molecule has 0 spiro atoms. The molecule has 0 saturated carbocycles. The van der Waals surface area contributed by atoms with Gasteiger partial charge in [-0.05, 0) is 33.3 Å². The van der Waals surface area contributed by atoms with Gasteiger partial charge in [0.15, 0.2) is 0 Å². The molecule has 0 saturated heterocycles. The topological polar surface area (TPSA) is 38.7 Å². The molecule has 0 fully saturated rings. The summed E-state index contributed by atoms with van der Waals surface area (Å²) in [5.74, 6) is 0. The van der Waals surface area contributed by atoms with Gasteiger partial charge < -0.3 is 14.6 Å². The molecule has 3 nitrogen and oxygen atoms in total. The maximum absolute atomic E-state index is 9.90. The summed E-state index contributed by atoms with van der Waals surface area (Å²) in [4.78, 5) is 0. The molecule has 1 unspecified atom stereocenters. The Bertz CT molecular complexity index is 338. The third-order valence-corrected chi connectivity index (χ3v) is 2.50. The summed E-state index contributed by atoms with van der Waals surface area (Å²) in [7, 11) is 0. The molecule has 0 bridgehead atoms. The van der Waals surface area contributed by atoms with Gasteiger partial charge in [0.05, 0.1) is 25.4 Å².